The molecule has 3 N–H and O–H groups in total. The van der Waals surface area contributed by atoms with Crippen molar-refractivity contribution in [3.63, 3.8) is 0 Å². The lowest BCUT2D eigenvalue weighted by Gasteiger charge is -2.42. The maximum atomic E-state index is 12.9. The highest BCUT2D eigenvalue weighted by Crippen LogP contribution is 2.27. The fourth-order valence-corrected chi connectivity index (χ4v) is 3.58. The molecule has 1 heterocycles. The number of piperidine rings is 1. The van der Waals surface area contributed by atoms with Crippen LogP contribution in [0.25, 0.3) is 0 Å². The van der Waals surface area contributed by atoms with E-state index in [0.717, 1.165) is 25.9 Å². The summed E-state index contributed by atoms with van der Waals surface area (Å²) in [5, 5.41) is 2.84. The first-order chi connectivity index (χ1) is 13.3. The summed E-state index contributed by atoms with van der Waals surface area (Å²) in [6.07, 6.45) is 1.67. The molecule has 0 bridgehead atoms. The van der Waals surface area contributed by atoms with Crippen molar-refractivity contribution in [2.75, 3.05) is 45.2 Å². The van der Waals surface area contributed by atoms with Crippen molar-refractivity contribution in [1.29, 1.82) is 0 Å². The number of benzene rings is 1. The Bertz CT molecular complexity index is 684. The Morgan fingerprint density at radius 3 is 2.66 bits per heavy atom. The molecule has 2 amide bonds. The van der Waals surface area contributed by atoms with Crippen LogP contribution in [-0.2, 0) is 9.59 Å². The van der Waals surface area contributed by atoms with Gasteiger partial charge in [0.1, 0.15) is 5.75 Å². The number of methoxy groups -OCH3 is 1. The van der Waals surface area contributed by atoms with Crippen LogP contribution in [0.5, 0.6) is 5.75 Å². The summed E-state index contributed by atoms with van der Waals surface area (Å²) in [5.74, 6) is 0.340. The summed E-state index contributed by atoms with van der Waals surface area (Å²) < 4.78 is 5.26. The quantitative estimate of drug-likeness (QED) is 0.666. The van der Waals surface area contributed by atoms with Gasteiger partial charge in [-0.1, -0.05) is 32.9 Å². The molecule has 0 saturated carbocycles. The number of anilines is 1. The molecule has 1 aromatic rings. The molecular formula is C21H35ClN4O3. The SMILES string of the molecule is CCCN(CC(=O)Nc1ccccc1OC)C(=O)CN1CCC(N)C(C)(C)C1.Cl. The standard InChI is InChI=1S/C21H34N4O3.ClH/c1-5-11-25(13-19(26)23-16-8-6-7-9-17(16)28-4)20(27)14-24-12-10-18(22)21(2,3)15-24;/h6-9,18H,5,10-15,22H2,1-4H3,(H,23,26);1H. The largest absolute Gasteiger partial charge is 0.495 e. The lowest BCUT2D eigenvalue weighted by atomic mass is 9.80. The predicted octanol–water partition coefficient (Wildman–Crippen LogP) is 2.35. The van der Waals surface area contributed by atoms with Crippen molar-refractivity contribution in [2.24, 2.45) is 11.1 Å². The lowest BCUT2D eigenvalue weighted by molar-refractivity contribution is -0.136. The second kappa shape index (κ2) is 11.4. The number of nitrogens with zero attached hydrogens (tertiary/aromatic N) is 2. The normalized spacial score (nSPS) is 18.4. The van der Waals surface area contributed by atoms with Crippen molar-refractivity contribution in [3.05, 3.63) is 24.3 Å². The van der Waals surface area contributed by atoms with E-state index in [2.05, 4.69) is 24.1 Å². The van der Waals surface area contributed by atoms with Crippen LogP contribution in [0.2, 0.25) is 0 Å². The van der Waals surface area contributed by atoms with E-state index in [9.17, 15) is 9.59 Å². The number of para-hydroxylation sites is 2. The molecule has 7 nitrogen and oxygen atoms in total. The zero-order chi connectivity index (χ0) is 20.7. The molecule has 1 unspecified atom stereocenters. The first kappa shape index (κ1) is 25.2. The molecule has 29 heavy (non-hydrogen) atoms. The van der Waals surface area contributed by atoms with E-state index in [1.54, 1.807) is 24.1 Å². The molecule has 1 aliphatic heterocycles. The Balaban J connectivity index is 0.00000420. The molecule has 1 aliphatic rings. The van der Waals surface area contributed by atoms with Gasteiger partial charge in [0.25, 0.3) is 0 Å². The maximum Gasteiger partial charge on any atom is 0.244 e. The van der Waals surface area contributed by atoms with Gasteiger partial charge in [-0.15, -0.1) is 12.4 Å². The Morgan fingerprint density at radius 1 is 1.34 bits per heavy atom. The second-order valence-corrected chi connectivity index (χ2v) is 8.16. The van der Waals surface area contributed by atoms with Gasteiger partial charge in [-0.05, 0) is 30.4 Å². The van der Waals surface area contributed by atoms with E-state index >= 15 is 0 Å². The maximum absolute atomic E-state index is 12.9. The number of carbonyl (C=O) groups is 2. The summed E-state index contributed by atoms with van der Waals surface area (Å²) >= 11 is 0. The van der Waals surface area contributed by atoms with E-state index in [1.165, 1.54) is 0 Å². The first-order valence-corrected chi connectivity index (χ1v) is 9.95. The Morgan fingerprint density at radius 2 is 2.03 bits per heavy atom. The third kappa shape index (κ3) is 7.17. The predicted molar refractivity (Wildman–Crippen MR) is 119 cm³/mol. The molecular weight excluding hydrogens is 392 g/mol. The van der Waals surface area contributed by atoms with Crippen molar-refractivity contribution in [3.8, 4) is 5.75 Å². The number of nitrogens with one attached hydrogen (secondary N) is 1. The van der Waals surface area contributed by atoms with Gasteiger partial charge in [0.15, 0.2) is 0 Å². The highest BCUT2D eigenvalue weighted by Gasteiger charge is 2.34. The Labute approximate surface area is 180 Å². The van der Waals surface area contributed by atoms with Gasteiger partial charge in [-0.3, -0.25) is 14.5 Å². The minimum absolute atomic E-state index is 0. The van der Waals surface area contributed by atoms with Crippen LogP contribution in [0.4, 0.5) is 5.69 Å². The van der Waals surface area contributed by atoms with Crippen molar-refractivity contribution < 1.29 is 14.3 Å². The molecule has 1 saturated heterocycles. The lowest BCUT2D eigenvalue weighted by Crippen LogP contribution is -2.54. The molecule has 1 fully saturated rings. The van der Waals surface area contributed by atoms with Crippen LogP contribution in [0.15, 0.2) is 24.3 Å². The van der Waals surface area contributed by atoms with E-state index in [0.29, 0.717) is 24.5 Å². The molecule has 0 radical (unpaired) electrons. The van der Waals surface area contributed by atoms with Gasteiger partial charge in [0.05, 0.1) is 25.9 Å². The number of carbonyl (C=O) groups excluding carboxylic acids is 2. The van der Waals surface area contributed by atoms with Crippen LogP contribution in [-0.4, -0.2) is 67.5 Å². The molecule has 0 spiro atoms. The fraction of sp³-hybridized carbons (Fsp3) is 0.619. The summed E-state index contributed by atoms with van der Waals surface area (Å²) in [7, 11) is 1.56. The Kier molecular flexibility index (Phi) is 9.89. The molecule has 8 heteroatoms. The zero-order valence-electron chi connectivity index (χ0n) is 17.9. The van der Waals surface area contributed by atoms with E-state index < -0.39 is 0 Å². The highest BCUT2D eigenvalue weighted by atomic mass is 35.5. The van der Waals surface area contributed by atoms with Crippen LogP contribution in [0.1, 0.15) is 33.6 Å². The second-order valence-electron chi connectivity index (χ2n) is 8.16. The number of rotatable bonds is 8. The molecule has 164 valence electrons. The third-order valence-corrected chi connectivity index (χ3v) is 5.31. The summed E-state index contributed by atoms with van der Waals surface area (Å²) in [6, 6.07) is 7.38. The van der Waals surface area contributed by atoms with Gasteiger partial charge in [-0.25, -0.2) is 0 Å². The molecule has 1 aromatic carbocycles. The zero-order valence-corrected chi connectivity index (χ0v) is 18.8. The van der Waals surface area contributed by atoms with E-state index in [4.69, 9.17) is 10.5 Å². The van der Waals surface area contributed by atoms with Crippen molar-refractivity contribution in [1.82, 2.24) is 9.80 Å². The topological polar surface area (TPSA) is 87.9 Å². The fourth-order valence-electron chi connectivity index (χ4n) is 3.58. The number of ether oxygens (including phenoxy) is 1. The highest BCUT2D eigenvalue weighted by molar-refractivity contribution is 5.95. The monoisotopic (exact) mass is 426 g/mol. The summed E-state index contributed by atoms with van der Waals surface area (Å²) in [5.41, 5.74) is 6.77. The molecule has 1 atom stereocenters. The average molecular weight is 427 g/mol. The van der Waals surface area contributed by atoms with Gasteiger partial charge in [0.2, 0.25) is 11.8 Å². The van der Waals surface area contributed by atoms with Gasteiger partial charge < -0.3 is 20.7 Å². The summed E-state index contributed by atoms with van der Waals surface area (Å²) in [4.78, 5) is 29.1. The third-order valence-electron chi connectivity index (χ3n) is 5.31. The molecule has 0 aromatic heterocycles. The Hall–Kier alpha value is -1.83. The number of amides is 2. The van der Waals surface area contributed by atoms with E-state index in [-0.39, 0.29) is 42.2 Å². The van der Waals surface area contributed by atoms with Gasteiger partial charge in [0, 0.05) is 25.7 Å². The van der Waals surface area contributed by atoms with Crippen LogP contribution in [0.3, 0.4) is 0 Å². The van der Waals surface area contributed by atoms with Crippen LogP contribution >= 0.6 is 12.4 Å². The number of halogens is 1. The molecule has 0 aliphatic carbocycles. The van der Waals surface area contributed by atoms with Crippen LogP contribution in [0, 0.1) is 5.41 Å². The number of nitrogens with two attached hydrogens (primary N) is 1. The smallest absolute Gasteiger partial charge is 0.244 e. The number of likely N-dealkylation sites (tertiary alicyclic amines) is 1. The number of hydrogen-bond donors (Lipinski definition) is 2. The first-order valence-electron chi connectivity index (χ1n) is 9.95. The van der Waals surface area contributed by atoms with Crippen LogP contribution < -0.4 is 15.8 Å². The minimum Gasteiger partial charge on any atom is -0.495 e. The van der Waals surface area contributed by atoms with Crippen molar-refractivity contribution in [2.45, 2.75) is 39.7 Å². The van der Waals surface area contributed by atoms with Crippen molar-refractivity contribution >= 4 is 29.9 Å². The number of hydrogen-bond acceptors (Lipinski definition) is 5. The van der Waals surface area contributed by atoms with E-state index in [1.807, 2.05) is 19.1 Å². The average Bonchev–Trinajstić information content (AvgIpc) is 2.64. The minimum atomic E-state index is -0.229. The van der Waals surface area contributed by atoms with Gasteiger partial charge in [-0.2, -0.15) is 0 Å². The summed E-state index contributed by atoms with van der Waals surface area (Å²) in [6.45, 7) is 8.77. The van der Waals surface area contributed by atoms with Gasteiger partial charge >= 0.3 is 0 Å². The molecule has 2 rings (SSSR count).